The van der Waals surface area contributed by atoms with Crippen LogP contribution >= 0.6 is 0 Å². The van der Waals surface area contributed by atoms with Gasteiger partial charge < -0.3 is 20.9 Å². The number of allylic oxidation sites excluding steroid dienone is 2. The zero-order valence-electron chi connectivity index (χ0n) is 30.2. The monoisotopic (exact) mass is 651 g/mol. The predicted octanol–water partition coefficient (Wildman–Crippen LogP) is 10.3. The Hall–Kier alpha value is -1.89. The molecule has 0 aromatic rings. The lowest BCUT2D eigenvalue weighted by Gasteiger charge is -2.18. The van der Waals surface area contributed by atoms with Gasteiger partial charge in [0.1, 0.15) is 12.1 Å². The van der Waals surface area contributed by atoms with E-state index in [1.165, 1.54) is 96.3 Å². The van der Waals surface area contributed by atoms with Crippen LogP contribution < -0.4 is 11.1 Å². The molecule has 0 aliphatic rings. The van der Waals surface area contributed by atoms with Gasteiger partial charge in [0.05, 0.1) is 0 Å². The van der Waals surface area contributed by atoms with Gasteiger partial charge in [-0.2, -0.15) is 0 Å². The molecule has 4 N–H and O–H groups in total. The van der Waals surface area contributed by atoms with Gasteiger partial charge in [0.25, 0.3) is 0 Å². The van der Waals surface area contributed by atoms with Crippen molar-refractivity contribution in [3.8, 4) is 0 Å². The highest BCUT2D eigenvalue weighted by atomic mass is 16.5. The highest BCUT2D eigenvalue weighted by Gasteiger charge is 2.19. The zero-order valence-corrected chi connectivity index (χ0v) is 30.2. The maximum Gasteiger partial charge on any atom is 0.326 e. The lowest BCUT2D eigenvalue weighted by atomic mass is 10.0. The Labute approximate surface area is 283 Å². The van der Waals surface area contributed by atoms with Crippen molar-refractivity contribution in [2.75, 3.05) is 6.54 Å². The van der Waals surface area contributed by atoms with Crippen LogP contribution in [0.15, 0.2) is 12.2 Å². The first-order valence-electron chi connectivity index (χ1n) is 19.5. The van der Waals surface area contributed by atoms with E-state index >= 15 is 0 Å². The molecule has 0 rings (SSSR count). The Bertz CT molecular complexity index is 742. The van der Waals surface area contributed by atoms with Crippen LogP contribution in [-0.4, -0.2) is 41.6 Å². The number of nitrogens with one attached hydrogen (secondary N) is 1. The smallest absolute Gasteiger partial charge is 0.326 e. The van der Waals surface area contributed by atoms with Crippen molar-refractivity contribution >= 4 is 17.8 Å². The van der Waals surface area contributed by atoms with Gasteiger partial charge in [-0.25, -0.2) is 4.79 Å². The first kappa shape index (κ1) is 44.1. The van der Waals surface area contributed by atoms with Crippen molar-refractivity contribution in [3.63, 3.8) is 0 Å². The molecule has 7 nitrogen and oxygen atoms in total. The number of carbonyl (C=O) groups is 3. The van der Waals surface area contributed by atoms with Crippen LogP contribution in [0.5, 0.6) is 0 Å². The summed E-state index contributed by atoms with van der Waals surface area (Å²) in [5, 5.41) is 11.9. The molecule has 270 valence electrons. The van der Waals surface area contributed by atoms with E-state index in [9.17, 15) is 19.5 Å². The van der Waals surface area contributed by atoms with E-state index in [-0.39, 0.29) is 18.0 Å². The van der Waals surface area contributed by atoms with E-state index in [4.69, 9.17) is 10.5 Å². The SMILES string of the molecule is CCCCC/C=C\CCCCCCCC(=O)OC(CCCCCCCCCC)CCCCCCCC(=O)NC(CCCN)C(=O)O. The molecule has 0 aromatic carbocycles. The third kappa shape index (κ3) is 30.7. The number of rotatable bonds is 35. The Balaban J connectivity index is 4.26. The summed E-state index contributed by atoms with van der Waals surface area (Å²) in [5.74, 6) is -1.24. The largest absolute Gasteiger partial charge is 0.480 e. The topological polar surface area (TPSA) is 119 Å². The van der Waals surface area contributed by atoms with Gasteiger partial charge >= 0.3 is 11.9 Å². The van der Waals surface area contributed by atoms with Crippen molar-refractivity contribution in [3.05, 3.63) is 12.2 Å². The number of esters is 1. The van der Waals surface area contributed by atoms with Gasteiger partial charge in [-0.3, -0.25) is 9.59 Å². The summed E-state index contributed by atoms with van der Waals surface area (Å²) < 4.78 is 6.00. The van der Waals surface area contributed by atoms with E-state index in [1.807, 2.05) is 0 Å². The molecule has 0 bridgehead atoms. The first-order valence-corrected chi connectivity index (χ1v) is 19.5. The minimum atomic E-state index is -1.00. The molecule has 1 amide bonds. The van der Waals surface area contributed by atoms with Gasteiger partial charge in [0.2, 0.25) is 5.91 Å². The molecule has 0 radical (unpaired) electrons. The summed E-state index contributed by atoms with van der Waals surface area (Å²) in [6.45, 7) is 4.91. The molecule has 0 heterocycles. The summed E-state index contributed by atoms with van der Waals surface area (Å²) in [6, 6.07) is -0.853. The van der Waals surface area contributed by atoms with Crippen molar-refractivity contribution in [1.29, 1.82) is 0 Å². The Morgan fingerprint density at radius 1 is 0.609 bits per heavy atom. The van der Waals surface area contributed by atoms with Crippen LogP contribution in [-0.2, 0) is 19.1 Å². The van der Waals surface area contributed by atoms with Gasteiger partial charge in [-0.15, -0.1) is 0 Å². The number of nitrogens with two attached hydrogens (primary N) is 1. The van der Waals surface area contributed by atoms with E-state index in [0.29, 0.717) is 32.2 Å². The molecular weight excluding hydrogens is 576 g/mol. The second-order valence-electron chi connectivity index (χ2n) is 13.3. The second-order valence-corrected chi connectivity index (χ2v) is 13.3. The Kier molecular flexibility index (Phi) is 33.0. The number of carboxylic acids is 1. The summed E-state index contributed by atoms with van der Waals surface area (Å²) in [6.07, 6.45) is 35.3. The van der Waals surface area contributed by atoms with Gasteiger partial charge in [-0.05, 0) is 83.6 Å². The molecule has 46 heavy (non-hydrogen) atoms. The number of unbranched alkanes of at least 4 members (excludes halogenated alkanes) is 19. The van der Waals surface area contributed by atoms with Crippen LogP contribution in [0.3, 0.4) is 0 Å². The molecule has 0 aromatic heterocycles. The van der Waals surface area contributed by atoms with Crippen molar-refractivity contribution in [2.45, 2.75) is 212 Å². The molecule has 0 fully saturated rings. The van der Waals surface area contributed by atoms with Crippen molar-refractivity contribution < 1.29 is 24.2 Å². The fraction of sp³-hybridized carbons (Fsp3) is 0.872. The standard InChI is InChI=1S/C39H74N2O5/c1-3-5-7-9-11-13-14-15-16-18-23-27-33-38(43)46-35(29-24-20-17-12-10-8-6-4-2)30-25-21-19-22-26-32-37(42)41-36(39(44)45)31-28-34-40/h11,13,35-36H,3-10,12,14-34,40H2,1-2H3,(H,41,42)(H,44,45)/b13-11-. The van der Waals surface area contributed by atoms with Gasteiger partial charge in [0, 0.05) is 12.8 Å². The molecule has 0 aliphatic heterocycles. The fourth-order valence-electron chi connectivity index (χ4n) is 5.86. The third-order valence-corrected chi connectivity index (χ3v) is 8.83. The first-order chi connectivity index (χ1) is 22.4. The molecular formula is C39H74N2O5. The van der Waals surface area contributed by atoms with E-state index < -0.39 is 12.0 Å². The normalized spacial score (nSPS) is 12.8. The summed E-state index contributed by atoms with van der Waals surface area (Å²) in [7, 11) is 0. The average molecular weight is 651 g/mol. The number of hydrogen-bond acceptors (Lipinski definition) is 5. The van der Waals surface area contributed by atoms with Gasteiger partial charge in [0.15, 0.2) is 0 Å². The van der Waals surface area contributed by atoms with Crippen LogP contribution in [0.1, 0.15) is 200 Å². The Morgan fingerprint density at radius 2 is 1.07 bits per heavy atom. The van der Waals surface area contributed by atoms with Crippen molar-refractivity contribution in [1.82, 2.24) is 5.32 Å². The van der Waals surface area contributed by atoms with Crippen LogP contribution in [0.25, 0.3) is 0 Å². The van der Waals surface area contributed by atoms with E-state index in [2.05, 4.69) is 31.3 Å². The van der Waals surface area contributed by atoms with Crippen LogP contribution in [0.4, 0.5) is 0 Å². The number of aliphatic carboxylic acids is 1. The number of ether oxygens (including phenoxy) is 1. The predicted molar refractivity (Wildman–Crippen MR) is 193 cm³/mol. The molecule has 7 heteroatoms. The quantitative estimate of drug-likeness (QED) is 0.0357. The van der Waals surface area contributed by atoms with Crippen LogP contribution in [0.2, 0.25) is 0 Å². The molecule has 2 unspecified atom stereocenters. The molecule has 0 aliphatic carbocycles. The number of hydrogen-bond donors (Lipinski definition) is 3. The summed E-state index contributed by atoms with van der Waals surface area (Å²) in [4.78, 5) is 36.2. The highest BCUT2D eigenvalue weighted by Crippen LogP contribution is 2.19. The zero-order chi connectivity index (χ0) is 33.9. The summed E-state index contributed by atoms with van der Waals surface area (Å²) in [5.41, 5.74) is 5.47. The Morgan fingerprint density at radius 3 is 1.61 bits per heavy atom. The van der Waals surface area contributed by atoms with Crippen molar-refractivity contribution in [2.24, 2.45) is 5.73 Å². The second kappa shape index (κ2) is 34.4. The maximum atomic E-state index is 12.7. The van der Waals surface area contributed by atoms with E-state index in [0.717, 1.165) is 64.2 Å². The number of amides is 1. The lowest BCUT2D eigenvalue weighted by Crippen LogP contribution is -2.40. The molecule has 0 spiro atoms. The van der Waals surface area contributed by atoms with Gasteiger partial charge in [-0.1, -0.05) is 122 Å². The molecule has 2 atom stereocenters. The lowest BCUT2D eigenvalue weighted by molar-refractivity contribution is -0.150. The number of carboxylic acid groups (broad SMARTS) is 1. The minimum Gasteiger partial charge on any atom is -0.480 e. The molecule has 0 saturated heterocycles. The highest BCUT2D eigenvalue weighted by molar-refractivity contribution is 5.83. The van der Waals surface area contributed by atoms with E-state index in [1.54, 1.807) is 0 Å². The molecule has 0 saturated carbocycles. The average Bonchev–Trinajstić information content (AvgIpc) is 3.03. The fourth-order valence-corrected chi connectivity index (χ4v) is 5.86. The number of carbonyl (C=O) groups excluding carboxylic acids is 2. The minimum absolute atomic E-state index is 0.0176. The maximum absolute atomic E-state index is 12.7. The third-order valence-electron chi connectivity index (χ3n) is 8.83. The van der Waals surface area contributed by atoms with Crippen LogP contribution in [0, 0.1) is 0 Å². The summed E-state index contributed by atoms with van der Waals surface area (Å²) >= 11 is 0.